The van der Waals surface area contributed by atoms with Crippen LogP contribution in [0.2, 0.25) is 0 Å². The second-order valence-corrected chi connectivity index (χ2v) is 5.49. The van der Waals surface area contributed by atoms with E-state index >= 15 is 0 Å². The molecule has 0 aliphatic carbocycles. The molecule has 0 amide bonds. The average molecular weight is 277 g/mol. The first-order valence-electron chi connectivity index (χ1n) is 6.50. The van der Waals surface area contributed by atoms with Gasteiger partial charge in [-0.05, 0) is 44.5 Å². The molecule has 2 rings (SSSR count). The molecule has 1 aromatic carbocycles. The second-order valence-electron chi connectivity index (χ2n) is 5.49. The van der Waals surface area contributed by atoms with Crippen molar-refractivity contribution in [2.75, 3.05) is 13.1 Å². The number of likely N-dealkylation sites (tertiary alicyclic amines) is 1. The first-order valence-corrected chi connectivity index (χ1v) is 6.50. The first kappa shape index (κ1) is 14.4. The van der Waals surface area contributed by atoms with Crippen LogP contribution in [-0.4, -0.2) is 22.9 Å². The van der Waals surface area contributed by atoms with Gasteiger partial charge in [0.2, 0.25) is 5.82 Å². The van der Waals surface area contributed by atoms with Gasteiger partial charge < -0.3 is 0 Å². The lowest BCUT2D eigenvalue weighted by Gasteiger charge is -2.34. The Balaban J connectivity index is 2.00. The van der Waals surface area contributed by atoms with Crippen molar-refractivity contribution in [3.8, 4) is 6.07 Å². The van der Waals surface area contributed by atoms with Gasteiger partial charge in [-0.1, -0.05) is 6.07 Å². The molecule has 1 aliphatic heterocycles. The standard InChI is InChI=1S/C14H16FN3O2/c1-14(10-16)4-6-17(7-5-14)9-11-2-3-13(18(19)20)12(15)8-11/h2-3,8H,4-7,9H2,1H3. The molecule has 0 saturated carbocycles. The summed E-state index contributed by atoms with van der Waals surface area (Å²) in [6.07, 6.45) is 1.58. The Morgan fingerprint density at radius 2 is 2.15 bits per heavy atom. The maximum absolute atomic E-state index is 13.5. The van der Waals surface area contributed by atoms with Crippen LogP contribution >= 0.6 is 0 Å². The third-order valence-electron chi connectivity index (χ3n) is 3.84. The third kappa shape index (κ3) is 3.11. The van der Waals surface area contributed by atoms with Crippen molar-refractivity contribution in [2.24, 2.45) is 5.41 Å². The van der Waals surface area contributed by atoms with Crippen LogP contribution in [0, 0.1) is 32.7 Å². The summed E-state index contributed by atoms with van der Waals surface area (Å²) in [5.74, 6) is -0.800. The Bertz CT molecular complexity index is 560. The van der Waals surface area contributed by atoms with Gasteiger partial charge in [0.25, 0.3) is 0 Å². The summed E-state index contributed by atoms with van der Waals surface area (Å²) in [5, 5.41) is 19.6. The molecule has 6 heteroatoms. The first-order chi connectivity index (χ1) is 9.43. The highest BCUT2D eigenvalue weighted by Gasteiger charge is 2.29. The number of nitriles is 1. The zero-order valence-electron chi connectivity index (χ0n) is 11.3. The molecular weight excluding hydrogens is 261 g/mol. The average Bonchev–Trinajstić information content (AvgIpc) is 2.41. The smallest absolute Gasteiger partial charge is 0.299 e. The molecule has 0 bridgehead atoms. The minimum Gasteiger partial charge on any atom is -0.299 e. The Morgan fingerprint density at radius 3 is 2.65 bits per heavy atom. The van der Waals surface area contributed by atoms with Gasteiger partial charge in [-0.2, -0.15) is 9.65 Å². The topological polar surface area (TPSA) is 70.2 Å². The molecule has 1 aliphatic rings. The van der Waals surface area contributed by atoms with Crippen LogP contribution in [-0.2, 0) is 6.54 Å². The summed E-state index contributed by atoms with van der Waals surface area (Å²) in [4.78, 5) is 12.0. The Hall–Kier alpha value is -2.00. The van der Waals surface area contributed by atoms with Crippen molar-refractivity contribution < 1.29 is 9.31 Å². The summed E-state index contributed by atoms with van der Waals surface area (Å²) in [6, 6.07) is 6.34. The molecule has 1 saturated heterocycles. The summed E-state index contributed by atoms with van der Waals surface area (Å²) in [6.45, 7) is 4.07. The number of hydrogen-bond donors (Lipinski definition) is 0. The molecule has 0 N–H and O–H groups in total. The molecule has 5 nitrogen and oxygen atoms in total. The Labute approximate surface area is 116 Å². The Morgan fingerprint density at radius 1 is 1.50 bits per heavy atom. The van der Waals surface area contributed by atoms with Gasteiger partial charge in [0.15, 0.2) is 0 Å². The zero-order chi connectivity index (χ0) is 14.8. The highest BCUT2D eigenvalue weighted by molar-refractivity contribution is 5.35. The zero-order valence-corrected chi connectivity index (χ0v) is 11.3. The van der Waals surface area contributed by atoms with Gasteiger partial charge in [0, 0.05) is 12.6 Å². The molecule has 0 aromatic heterocycles. The lowest BCUT2D eigenvalue weighted by molar-refractivity contribution is -0.387. The highest BCUT2D eigenvalue weighted by Crippen LogP contribution is 2.30. The Kier molecular flexibility index (Phi) is 4.00. The number of rotatable bonds is 3. The van der Waals surface area contributed by atoms with E-state index in [0.29, 0.717) is 12.1 Å². The fourth-order valence-corrected chi connectivity index (χ4v) is 2.37. The van der Waals surface area contributed by atoms with Gasteiger partial charge >= 0.3 is 5.69 Å². The minimum absolute atomic E-state index is 0.267. The van der Waals surface area contributed by atoms with E-state index in [1.54, 1.807) is 6.07 Å². The van der Waals surface area contributed by atoms with Gasteiger partial charge in [-0.25, -0.2) is 0 Å². The van der Waals surface area contributed by atoms with Gasteiger partial charge in [-0.15, -0.1) is 0 Å². The SMILES string of the molecule is CC1(C#N)CCN(Cc2ccc([N+](=O)[O-])c(F)c2)CC1. The molecule has 20 heavy (non-hydrogen) atoms. The van der Waals surface area contributed by atoms with Crippen molar-refractivity contribution in [3.05, 3.63) is 39.7 Å². The van der Waals surface area contributed by atoms with E-state index in [0.717, 1.165) is 25.9 Å². The van der Waals surface area contributed by atoms with Crippen LogP contribution in [0.15, 0.2) is 18.2 Å². The highest BCUT2D eigenvalue weighted by atomic mass is 19.1. The van der Waals surface area contributed by atoms with Crippen molar-refractivity contribution in [1.29, 1.82) is 5.26 Å². The lowest BCUT2D eigenvalue weighted by atomic mass is 9.82. The fraction of sp³-hybridized carbons (Fsp3) is 0.500. The molecule has 1 fully saturated rings. The van der Waals surface area contributed by atoms with E-state index in [1.165, 1.54) is 12.1 Å². The fourth-order valence-electron chi connectivity index (χ4n) is 2.37. The predicted octanol–water partition coefficient (Wildman–Crippen LogP) is 2.86. The molecule has 0 atom stereocenters. The molecule has 0 radical (unpaired) electrons. The van der Waals surface area contributed by atoms with Crippen LogP contribution < -0.4 is 0 Å². The monoisotopic (exact) mass is 277 g/mol. The van der Waals surface area contributed by atoms with Crippen LogP contribution in [0.1, 0.15) is 25.3 Å². The van der Waals surface area contributed by atoms with Crippen molar-refractivity contribution in [3.63, 3.8) is 0 Å². The minimum atomic E-state index is -0.800. The van der Waals surface area contributed by atoms with Crippen LogP contribution in [0.4, 0.5) is 10.1 Å². The number of nitro groups is 1. The largest absolute Gasteiger partial charge is 0.304 e. The molecule has 1 heterocycles. The number of nitro benzene ring substituents is 1. The van der Waals surface area contributed by atoms with Gasteiger partial charge in [0.1, 0.15) is 0 Å². The number of piperidine rings is 1. The van der Waals surface area contributed by atoms with Crippen LogP contribution in [0.25, 0.3) is 0 Å². The molecule has 0 spiro atoms. The lowest BCUT2D eigenvalue weighted by Crippen LogP contribution is -2.37. The quantitative estimate of drug-likeness (QED) is 0.629. The number of nitrogens with zero attached hydrogens (tertiary/aromatic N) is 3. The van der Waals surface area contributed by atoms with E-state index < -0.39 is 16.4 Å². The summed E-state index contributed by atoms with van der Waals surface area (Å²) in [7, 11) is 0. The normalized spacial score (nSPS) is 18.4. The van der Waals surface area contributed by atoms with Crippen molar-refractivity contribution in [2.45, 2.75) is 26.3 Å². The van der Waals surface area contributed by atoms with E-state index in [2.05, 4.69) is 11.0 Å². The summed E-state index contributed by atoms with van der Waals surface area (Å²) >= 11 is 0. The molecular formula is C14H16FN3O2. The number of halogens is 1. The summed E-state index contributed by atoms with van der Waals surface area (Å²) < 4.78 is 13.5. The van der Waals surface area contributed by atoms with E-state index in [-0.39, 0.29) is 5.41 Å². The van der Waals surface area contributed by atoms with Gasteiger partial charge in [0.05, 0.1) is 16.4 Å². The van der Waals surface area contributed by atoms with Crippen LogP contribution in [0.3, 0.4) is 0 Å². The van der Waals surface area contributed by atoms with E-state index in [1.807, 2.05) is 6.92 Å². The maximum atomic E-state index is 13.5. The van der Waals surface area contributed by atoms with E-state index in [9.17, 15) is 14.5 Å². The van der Waals surface area contributed by atoms with Crippen LogP contribution in [0.5, 0.6) is 0 Å². The third-order valence-corrected chi connectivity index (χ3v) is 3.84. The van der Waals surface area contributed by atoms with Gasteiger partial charge in [-0.3, -0.25) is 15.0 Å². The predicted molar refractivity (Wildman–Crippen MR) is 71.3 cm³/mol. The number of hydrogen-bond acceptors (Lipinski definition) is 4. The number of benzene rings is 1. The molecule has 1 aromatic rings. The maximum Gasteiger partial charge on any atom is 0.304 e. The molecule has 106 valence electrons. The van der Waals surface area contributed by atoms with Crippen molar-refractivity contribution >= 4 is 5.69 Å². The second kappa shape index (κ2) is 5.55. The molecule has 0 unspecified atom stereocenters. The van der Waals surface area contributed by atoms with Crippen molar-refractivity contribution in [1.82, 2.24) is 4.90 Å². The summed E-state index contributed by atoms with van der Waals surface area (Å²) in [5.41, 5.74) is -0.0462. The van der Waals surface area contributed by atoms with E-state index in [4.69, 9.17) is 5.26 Å².